The topological polar surface area (TPSA) is 128 Å². The van der Waals surface area contributed by atoms with E-state index in [4.69, 9.17) is 0 Å². The summed E-state index contributed by atoms with van der Waals surface area (Å²) in [6, 6.07) is 10.0. The Morgan fingerprint density at radius 1 is 1.07 bits per heavy atom. The maximum Gasteiger partial charge on any atom is 0.270 e. The molecule has 1 amide bonds. The molecule has 1 aliphatic rings. The van der Waals surface area contributed by atoms with E-state index in [1.54, 1.807) is 6.07 Å². The monoisotopic (exact) mass is 448 g/mol. The van der Waals surface area contributed by atoms with Crippen LogP contribution in [0.4, 0.5) is 17.1 Å². The molecule has 0 unspecified atom stereocenters. The normalized spacial score (nSPS) is 16.6. The number of nitro benzene ring substituents is 2. The molecule has 0 spiro atoms. The average molecular weight is 449 g/mol. The third-order valence-corrected chi connectivity index (χ3v) is 4.94. The summed E-state index contributed by atoms with van der Waals surface area (Å²) in [5.41, 5.74) is 0.774. The Labute approximate surface area is 164 Å². The quantitative estimate of drug-likeness (QED) is 0.424. The minimum atomic E-state index is -0.520. The molecule has 1 saturated heterocycles. The van der Waals surface area contributed by atoms with Gasteiger partial charge in [-0.25, -0.2) is 4.99 Å². The van der Waals surface area contributed by atoms with Crippen molar-refractivity contribution >= 4 is 61.9 Å². The van der Waals surface area contributed by atoms with Gasteiger partial charge in [0.05, 0.1) is 24.9 Å². The molecule has 136 valence electrons. The minimum Gasteiger partial charge on any atom is -0.300 e. The summed E-state index contributed by atoms with van der Waals surface area (Å²) in [4.78, 5) is 37.3. The fourth-order valence-corrected chi connectivity index (χ4v) is 3.46. The summed E-state index contributed by atoms with van der Waals surface area (Å²) in [6.45, 7) is 0. The van der Waals surface area contributed by atoms with E-state index < -0.39 is 9.85 Å². The Balaban J connectivity index is 1.85. The van der Waals surface area contributed by atoms with Crippen LogP contribution in [0.3, 0.4) is 0 Å². The second-order valence-corrected chi connectivity index (χ2v) is 7.11. The number of nitrogens with one attached hydrogen (secondary N) is 1. The fraction of sp³-hybridized carbons (Fsp3) is 0. The van der Waals surface area contributed by atoms with Gasteiger partial charge in [0.25, 0.3) is 17.3 Å². The zero-order valence-corrected chi connectivity index (χ0v) is 15.7. The first-order valence-corrected chi connectivity index (χ1v) is 8.92. The molecule has 3 rings (SSSR count). The number of aliphatic imine (C=N–C) groups is 1. The first kappa shape index (κ1) is 18.7. The van der Waals surface area contributed by atoms with Crippen LogP contribution in [0, 0.1) is 20.2 Å². The highest BCUT2D eigenvalue weighted by molar-refractivity contribution is 9.10. The summed E-state index contributed by atoms with van der Waals surface area (Å²) in [5, 5.41) is 24.5. The van der Waals surface area contributed by atoms with Gasteiger partial charge in [-0.1, -0.05) is 12.1 Å². The summed E-state index contributed by atoms with van der Waals surface area (Å²) >= 11 is 4.28. The van der Waals surface area contributed by atoms with Crippen molar-refractivity contribution in [3.63, 3.8) is 0 Å². The SMILES string of the molecule is O=C1NC(=Nc2ccc([N+](=O)[O-])cc2Br)S/C1=C/c1cccc([N+](=O)[O-])c1. The van der Waals surface area contributed by atoms with Crippen LogP contribution in [0.1, 0.15) is 5.56 Å². The van der Waals surface area contributed by atoms with Crippen molar-refractivity contribution in [1.29, 1.82) is 0 Å². The molecule has 27 heavy (non-hydrogen) atoms. The van der Waals surface area contributed by atoms with Crippen molar-refractivity contribution in [3.8, 4) is 0 Å². The second kappa shape index (κ2) is 7.68. The molecule has 0 aliphatic carbocycles. The average Bonchev–Trinajstić information content (AvgIpc) is 2.96. The predicted molar refractivity (Wildman–Crippen MR) is 105 cm³/mol. The van der Waals surface area contributed by atoms with Crippen molar-refractivity contribution < 1.29 is 14.6 Å². The van der Waals surface area contributed by atoms with Crippen LogP contribution >= 0.6 is 27.7 Å². The molecule has 0 aromatic heterocycles. The molecular weight excluding hydrogens is 440 g/mol. The number of hydrogen-bond donors (Lipinski definition) is 1. The third kappa shape index (κ3) is 4.38. The van der Waals surface area contributed by atoms with Gasteiger partial charge in [-0.05, 0) is 45.4 Å². The number of carbonyl (C=O) groups excluding carboxylic acids is 1. The highest BCUT2D eigenvalue weighted by atomic mass is 79.9. The fourth-order valence-electron chi connectivity index (χ4n) is 2.17. The van der Waals surface area contributed by atoms with Crippen LogP contribution in [0.5, 0.6) is 0 Å². The van der Waals surface area contributed by atoms with Gasteiger partial charge in [0, 0.05) is 24.3 Å². The summed E-state index contributed by atoms with van der Waals surface area (Å²) < 4.78 is 0.412. The zero-order chi connectivity index (χ0) is 19.6. The lowest BCUT2D eigenvalue weighted by molar-refractivity contribution is -0.385. The van der Waals surface area contributed by atoms with Gasteiger partial charge in [-0.15, -0.1) is 0 Å². The lowest BCUT2D eigenvalue weighted by Crippen LogP contribution is -2.19. The third-order valence-electron chi connectivity index (χ3n) is 3.39. The summed E-state index contributed by atoms with van der Waals surface area (Å²) in [7, 11) is 0. The molecule has 1 aliphatic heterocycles. The molecule has 0 radical (unpaired) electrons. The first-order chi connectivity index (χ1) is 12.8. The summed E-state index contributed by atoms with van der Waals surface area (Å²) in [6.07, 6.45) is 1.53. The van der Waals surface area contributed by atoms with Crippen LogP contribution in [0.15, 0.2) is 56.8 Å². The minimum absolute atomic E-state index is 0.0727. The maximum absolute atomic E-state index is 12.1. The maximum atomic E-state index is 12.1. The number of amides is 1. The van der Waals surface area contributed by atoms with E-state index in [2.05, 4.69) is 26.2 Å². The van der Waals surface area contributed by atoms with Crippen molar-refractivity contribution in [1.82, 2.24) is 5.32 Å². The Morgan fingerprint density at radius 3 is 2.44 bits per heavy atom. The molecule has 0 bridgehead atoms. The van der Waals surface area contributed by atoms with Crippen LogP contribution < -0.4 is 5.32 Å². The standard InChI is InChI=1S/C16H9BrN4O5S/c17-12-8-11(21(25)26)4-5-13(12)18-16-19-15(22)14(27-16)7-9-2-1-3-10(6-9)20(23)24/h1-8H,(H,18,19,22)/b14-7+. The largest absolute Gasteiger partial charge is 0.300 e. The molecule has 0 saturated carbocycles. The van der Waals surface area contributed by atoms with E-state index >= 15 is 0 Å². The molecular formula is C16H9BrN4O5S. The molecule has 1 heterocycles. The number of amidine groups is 1. The highest BCUT2D eigenvalue weighted by Gasteiger charge is 2.24. The van der Waals surface area contributed by atoms with E-state index in [9.17, 15) is 25.0 Å². The Hall–Kier alpha value is -3.05. The number of nitrogens with zero attached hydrogens (tertiary/aromatic N) is 3. The van der Waals surface area contributed by atoms with Gasteiger partial charge in [0.15, 0.2) is 5.17 Å². The Morgan fingerprint density at radius 2 is 1.78 bits per heavy atom. The van der Waals surface area contributed by atoms with Gasteiger partial charge in [0.2, 0.25) is 0 Å². The van der Waals surface area contributed by atoms with Crippen LogP contribution in [0.25, 0.3) is 6.08 Å². The van der Waals surface area contributed by atoms with Gasteiger partial charge in [-0.3, -0.25) is 25.0 Å². The first-order valence-electron chi connectivity index (χ1n) is 7.31. The van der Waals surface area contributed by atoms with Gasteiger partial charge in [-0.2, -0.15) is 0 Å². The predicted octanol–water partition coefficient (Wildman–Crippen LogP) is 4.16. The lowest BCUT2D eigenvalue weighted by Gasteiger charge is -2.00. The lowest BCUT2D eigenvalue weighted by atomic mass is 10.2. The number of rotatable bonds is 4. The smallest absolute Gasteiger partial charge is 0.270 e. The molecule has 11 heteroatoms. The zero-order valence-electron chi connectivity index (χ0n) is 13.3. The number of hydrogen-bond acceptors (Lipinski definition) is 7. The number of carbonyl (C=O) groups is 1. The van der Waals surface area contributed by atoms with Crippen molar-refractivity contribution in [2.24, 2.45) is 4.99 Å². The number of non-ortho nitro benzene ring substituents is 2. The second-order valence-electron chi connectivity index (χ2n) is 5.23. The number of halogens is 1. The van der Waals surface area contributed by atoms with E-state index in [1.165, 1.54) is 42.5 Å². The van der Waals surface area contributed by atoms with Gasteiger partial charge in [0.1, 0.15) is 0 Å². The number of thioether (sulfide) groups is 1. The van der Waals surface area contributed by atoms with Gasteiger partial charge < -0.3 is 5.32 Å². The molecule has 1 fully saturated rings. The van der Waals surface area contributed by atoms with Crippen molar-refractivity contribution in [3.05, 3.63) is 77.6 Å². The summed E-state index contributed by atoms with van der Waals surface area (Å²) in [5.74, 6) is -0.386. The number of benzene rings is 2. The van der Waals surface area contributed by atoms with Crippen molar-refractivity contribution in [2.45, 2.75) is 0 Å². The molecule has 0 atom stereocenters. The molecule has 1 N–H and O–H groups in total. The van der Waals surface area contributed by atoms with Gasteiger partial charge >= 0.3 is 0 Å². The van der Waals surface area contributed by atoms with Crippen LogP contribution in [-0.2, 0) is 4.79 Å². The Kier molecular flexibility index (Phi) is 5.33. The van der Waals surface area contributed by atoms with Crippen molar-refractivity contribution in [2.75, 3.05) is 0 Å². The number of nitro groups is 2. The highest BCUT2D eigenvalue weighted by Crippen LogP contribution is 2.33. The Bertz CT molecular complexity index is 1040. The van der Waals surface area contributed by atoms with Crippen LogP contribution in [0.2, 0.25) is 0 Å². The molecule has 2 aromatic rings. The van der Waals surface area contributed by atoms with E-state index in [-0.39, 0.29) is 17.3 Å². The van der Waals surface area contributed by atoms with Crippen LogP contribution in [-0.4, -0.2) is 20.9 Å². The molecule has 9 nitrogen and oxygen atoms in total. The van der Waals surface area contributed by atoms with E-state index in [0.29, 0.717) is 25.8 Å². The van der Waals surface area contributed by atoms with E-state index in [0.717, 1.165) is 11.8 Å². The van der Waals surface area contributed by atoms with E-state index in [1.807, 2.05) is 0 Å². The molecule has 2 aromatic carbocycles.